The number of guanidine groups is 1. The summed E-state index contributed by atoms with van der Waals surface area (Å²) in [5.74, 6) is 1.81. The number of aliphatic imine (C=N–C) groups is 1. The topological polar surface area (TPSA) is 65.3 Å². The molecule has 0 atom stereocenters. The number of nitrogens with zero attached hydrogens (tertiary/aromatic N) is 1. The number of fused-ring (bicyclic) bond motifs is 1. The van der Waals surface area contributed by atoms with Crippen LogP contribution in [0.3, 0.4) is 0 Å². The fourth-order valence-corrected chi connectivity index (χ4v) is 4.01. The van der Waals surface area contributed by atoms with Crippen LogP contribution in [0.25, 0.3) is 10.9 Å². The molecule has 5 nitrogen and oxygen atoms in total. The van der Waals surface area contributed by atoms with Crippen LogP contribution in [0.15, 0.2) is 69.7 Å². The molecular formula is C23H27IN4OS. The Bertz CT molecular complexity index is 1050. The predicted octanol–water partition coefficient (Wildman–Crippen LogP) is 5.27. The first-order chi connectivity index (χ1) is 14.3. The van der Waals surface area contributed by atoms with Gasteiger partial charge in [-0.25, -0.2) is 4.99 Å². The molecule has 7 heteroatoms. The Kier molecular flexibility index (Phi) is 8.39. The third-order valence-corrected chi connectivity index (χ3v) is 5.77. The number of thiophene rings is 1. The lowest BCUT2D eigenvalue weighted by atomic mass is 10.1. The van der Waals surface area contributed by atoms with Crippen LogP contribution in [-0.2, 0) is 19.4 Å². The summed E-state index contributed by atoms with van der Waals surface area (Å²) in [7, 11) is 0. The minimum atomic E-state index is 0. The Morgan fingerprint density at radius 3 is 2.70 bits per heavy atom. The van der Waals surface area contributed by atoms with Gasteiger partial charge in [-0.1, -0.05) is 24.3 Å². The molecule has 3 aromatic heterocycles. The number of furan rings is 1. The summed E-state index contributed by atoms with van der Waals surface area (Å²) in [6.07, 6.45) is 5.59. The number of hydrogen-bond acceptors (Lipinski definition) is 3. The van der Waals surface area contributed by atoms with Crippen molar-refractivity contribution in [3.05, 3.63) is 82.1 Å². The molecule has 0 saturated carbocycles. The van der Waals surface area contributed by atoms with Crippen LogP contribution < -0.4 is 10.6 Å². The first-order valence-electron chi connectivity index (χ1n) is 9.92. The van der Waals surface area contributed by atoms with Crippen molar-refractivity contribution in [2.45, 2.75) is 26.3 Å². The van der Waals surface area contributed by atoms with Crippen LogP contribution in [-0.4, -0.2) is 24.0 Å². The van der Waals surface area contributed by atoms with Crippen LogP contribution in [0.2, 0.25) is 0 Å². The van der Waals surface area contributed by atoms with Crippen molar-refractivity contribution in [3.8, 4) is 0 Å². The van der Waals surface area contributed by atoms with Crippen LogP contribution in [0.4, 0.5) is 0 Å². The summed E-state index contributed by atoms with van der Waals surface area (Å²) in [4.78, 5) is 9.41. The minimum Gasteiger partial charge on any atom is -0.469 e. The van der Waals surface area contributed by atoms with Gasteiger partial charge < -0.3 is 20.0 Å². The normalized spacial score (nSPS) is 11.4. The molecule has 3 N–H and O–H groups in total. The highest BCUT2D eigenvalue weighted by atomic mass is 127. The molecule has 0 fully saturated rings. The number of aryl methyl sites for hydroxylation is 1. The van der Waals surface area contributed by atoms with Gasteiger partial charge in [-0.05, 0) is 48.1 Å². The Morgan fingerprint density at radius 1 is 1.07 bits per heavy atom. The van der Waals surface area contributed by atoms with Crippen molar-refractivity contribution in [2.24, 2.45) is 4.99 Å². The van der Waals surface area contributed by atoms with E-state index in [1.165, 1.54) is 26.9 Å². The van der Waals surface area contributed by atoms with E-state index in [1.807, 2.05) is 12.1 Å². The van der Waals surface area contributed by atoms with Gasteiger partial charge in [0.05, 0.1) is 12.8 Å². The molecule has 0 aliphatic carbocycles. The Morgan fingerprint density at radius 2 is 1.93 bits per heavy atom. The van der Waals surface area contributed by atoms with Gasteiger partial charge in [-0.3, -0.25) is 0 Å². The monoisotopic (exact) mass is 534 g/mol. The first-order valence-corrected chi connectivity index (χ1v) is 10.8. The molecule has 4 rings (SSSR count). The zero-order valence-electron chi connectivity index (χ0n) is 17.0. The van der Waals surface area contributed by atoms with E-state index in [1.54, 1.807) is 17.6 Å². The van der Waals surface area contributed by atoms with E-state index >= 15 is 0 Å². The standard InChI is InChI=1S/C23H26N4OS.HI/c1-17-5-2-8-21-18(15-26-22(17)21)9-11-24-23(27-16-20-7-4-14-29-20)25-12-10-19-6-3-13-28-19;/h2-8,13-15,26H,9-12,16H2,1H3,(H2,24,25,27);1H. The lowest BCUT2D eigenvalue weighted by Gasteiger charge is -2.12. The summed E-state index contributed by atoms with van der Waals surface area (Å²) >= 11 is 1.73. The van der Waals surface area contributed by atoms with E-state index < -0.39 is 0 Å². The maximum Gasteiger partial charge on any atom is 0.191 e. The van der Waals surface area contributed by atoms with Crippen molar-refractivity contribution in [2.75, 3.05) is 13.1 Å². The van der Waals surface area contributed by atoms with E-state index in [0.29, 0.717) is 6.54 Å². The van der Waals surface area contributed by atoms with Crippen molar-refractivity contribution >= 4 is 52.2 Å². The molecule has 158 valence electrons. The summed E-state index contributed by atoms with van der Waals surface area (Å²) in [5.41, 5.74) is 3.83. The molecule has 4 aromatic rings. The molecule has 0 aliphatic rings. The summed E-state index contributed by atoms with van der Waals surface area (Å²) in [5, 5.41) is 10.3. The first kappa shape index (κ1) is 22.4. The van der Waals surface area contributed by atoms with E-state index in [9.17, 15) is 0 Å². The van der Waals surface area contributed by atoms with Crippen LogP contribution in [0.5, 0.6) is 0 Å². The molecular weight excluding hydrogens is 507 g/mol. The van der Waals surface area contributed by atoms with Crippen LogP contribution >= 0.6 is 35.3 Å². The molecule has 0 radical (unpaired) electrons. The van der Waals surface area contributed by atoms with Gasteiger partial charge in [0.25, 0.3) is 0 Å². The summed E-state index contributed by atoms with van der Waals surface area (Å²) < 4.78 is 5.41. The molecule has 3 heterocycles. The third-order valence-electron chi connectivity index (χ3n) is 4.91. The highest BCUT2D eigenvalue weighted by Gasteiger charge is 2.06. The average molecular weight is 534 g/mol. The van der Waals surface area contributed by atoms with Crippen molar-refractivity contribution in [1.29, 1.82) is 0 Å². The predicted molar refractivity (Wildman–Crippen MR) is 136 cm³/mol. The molecule has 0 aliphatic heterocycles. The van der Waals surface area contributed by atoms with Gasteiger partial charge in [-0.15, -0.1) is 35.3 Å². The van der Waals surface area contributed by atoms with Crippen molar-refractivity contribution < 1.29 is 4.42 Å². The number of benzene rings is 1. The summed E-state index contributed by atoms with van der Waals surface area (Å²) in [6, 6.07) is 14.5. The van der Waals surface area contributed by atoms with Gasteiger partial charge in [-0.2, -0.15) is 0 Å². The quantitative estimate of drug-likeness (QED) is 0.164. The van der Waals surface area contributed by atoms with Crippen molar-refractivity contribution in [3.63, 3.8) is 0 Å². The highest BCUT2D eigenvalue weighted by Crippen LogP contribution is 2.21. The maximum absolute atomic E-state index is 5.41. The second kappa shape index (κ2) is 11.2. The number of para-hydroxylation sites is 1. The fourth-order valence-electron chi connectivity index (χ4n) is 3.38. The molecule has 1 aromatic carbocycles. The van der Waals surface area contributed by atoms with E-state index in [-0.39, 0.29) is 24.0 Å². The Labute approximate surface area is 198 Å². The minimum absolute atomic E-state index is 0. The molecule has 0 bridgehead atoms. The SMILES string of the molecule is Cc1cccc2c(CCNC(=NCc3cccs3)NCCc3ccco3)c[nH]c12.I. The lowest BCUT2D eigenvalue weighted by Crippen LogP contribution is -2.39. The average Bonchev–Trinajstić information content (AvgIpc) is 3.48. The van der Waals surface area contributed by atoms with E-state index in [0.717, 1.165) is 37.7 Å². The van der Waals surface area contributed by atoms with E-state index in [2.05, 4.69) is 64.5 Å². The van der Waals surface area contributed by atoms with E-state index in [4.69, 9.17) is 9.41 Å². The van der Waals surface area contributed by atoms with Crippen LogP contribution in [0, 0.1) is 6.92 Å². The number of nitrogens with one attached hydrogen (secondary N) is 3. The van der Waals surface area contributed by atoms with Crippen LogP contribution in [0.1, 0.15) is 21.8 Å². The zero-order valence-corrected chi connectivity index (χ0v) is 20.1. The highest BCUT2D eigenvalue weighted by molar-refractivity contribution is 14.0. The lowest BCUT2D eigenvalue weighted by molar-refractivity contribution is 0.506. The number of H-pyrrole nitrogens is 1. The third kappa shape index (κ3) is 5.89. The van der Waals surface area contributed by atoms with Gasteiger partial charge in [0, 0.05) is 41.5 Å². The smallest absolute Gasteiger partial charge is 0.191 e. The van der Waals surface area contributed by atoms with Crippen molar-refractivity contribution in [1.82, 2.24) is 15.6 Å². The second-order valence-electron chi connectivity index (χ2n) is 6.99. The fraction of sp³-hybridized carbons (Fsp3) is 0.261. The number of hydrogen-bond donors (Lipinski definition) is 3. The Hall–Kier alpha value is -2.26. The number of rotatable bonds is 8. The molecule has 0 amide bonds. The summed E-state index contributed by atoms with van der Waals surface area (Å²) in [6.45, 7) is 4.41. The molecule has 0 spiro atoms. The second-order valence-corrected chi connectivity index (χ2v) is 8.02. The van der Waals surface area contributed by atoms with Gasteiger partial charge in [0.2, 0.25) is 0 Å². The largest absolute Gasteiger partial charge is 0.469 e. The number of aromatic nitrogens is 1. The van der Waals surface area contributed by atoms with Gasteiger partial charge in [0.15, 0.2) is 5.96 Å². The maximum atomic E-state index is 5.41. The zero-order chi connectivity index (χ0) is 19.9. The molecule has 30 heavy (non-hydrogen) atoms. The van der Waals surface area contributed by atoms with Gasteiger partial charge >= 0.3 is 0 Å². The molecule has 0 unspecified atom stereocenters. The number of aromatic amines is 1. The Balaban J connectivity index is 0.00000256. The number of halogens is 1. The van der Waals surface area contributed by atoms with Gasteiger partial charge in [0.1, 0.15) is 5.76 Å². The molecule has 0 saturated heterocycles.